The zero-order valence-corrected chi connectivity index (χ0v) is 12.4. The van der Waals surface area contributed by atoms with Crippen LogP contribution in [0.15, 0.2) is 30.3 Å². The molecular weight excluding hydrogens is 262 g/mol. The molecule has 3 nitrogen and oxygen atoms in total. The lowest BCUT2D eigenvalue weighted by Crippen LogP contribution is -2.40. The van der Waals surface area contributed by atoms with Crippen molar-refractivity contribution < 1.29 is 9.59 Å². The first-order valence-corrected chi connectivity index (χ1v) is 8.02. The van der Waals surface area contributed by atoms with E-state index >= 15 is 0 Å². The number of fused-ring (bicyclic) bond motifs is 2. The monoisotopic (exact) mass is 285 g/mol. The normalized spacial score (nSPS) is 32.6. The average molecular weight is 285 g/mol. The summed E-state index contributed by atoms with van der Waals surface area (Å²) in [4.78, 5) is 25.1. The van der Waals surface area contributed by atoms with E-state index in [2.05, 4.69) is 29.2 Å². The van der Waals surface area contributed by atoms with Gasteiger partial charge in [0, 0.05) is 31.0 Å². The van der Waals surface area contributed by atoms with Crippen LogP contribution in [0.2, 0.25) is 0 Å². The van der Waals surface area contributed by atoms with E-state index in [0.717, 1.165) is 38.4 Å². The summed E-state index contributed by atoms with van der Waals surface area (Å²) in [6.45, 7) is 0.925. The van der Waals surface area contributed by atoms with Crippen molar-refractivity contribution >= 4 is 12.6 Å². The molecule has 2 fully saturated rings. The van der Waals surface area contributed by atoms with Gasteiger partial charge in [-0.3, -0.25) is 4.90 Å². The molecule has 3 heteroatoms. The lowest BCUT2D eigenvalue weighted by Gasteiger charge is -2.32. The number of hydrogen-bond acceptors (Lipinski definition) is 3. The molecular formula is C18H23NO2. The molecule has 2 aliphatic rings. The summed E-state index contributed by atoms with van der Waals surface area (Å²) in [5.41, 5.74) is 1.31. The van der Waals surface area contributed by atoms with Gasteiger partial charge in [0.15, 0.2) is 0 Å². The molecule has 0 aromatic heterocycles. The molecule has 0 aliphatic carbocycles. The van der Waals surface area contributed by atoms with E-state index in [9.17, 15) is 9.59 Å². The maximum Gasteiger partial charge on any atom is 0.124 e. The van der Waals surface area contributed by atoms with Crippen molar-refractivity contribution in [3.05, 3.63) is 35.9 Å². The number of hydrogen-bond donors (Lipinski definition) is 0. The SMILES string of the molecule is O=CCC1CCC2CCC(C1C=O)N2Cc1ccccc1. The van der Waals surface area contributed by atoms with Gasteiger partial charge in [0.05, 0.1) is 0 Å². The van der Waals surface area contributed by atoms with Gasteiger partial charge >= 0.3 is 0 Å². The van der Waals surface area contributed by atoms with Gasteiger partial charge in [-0.05, 0) is 37.2 Å². The Bertz CT molecular complexity index is 487. The fourth-order valence-electron chi connectivity index (χ4n) is 4.24. The third-order valence-corrected chi connectivity index (χ3v) is 5.31. The molecule has 2 aliphatic heterocycles. The topological polar surface area (TPSA) is 37.4 Å². The molecule has 4 atom stereocenters. The largest absolute Gasteiger partial charge is 0.303 e. The number of carbonyl (C=O) groups excluding carboxylic acids is 2. The van der Waals surface area contributed by atoms with Gasteiger partial charge < -0.3 is 9.59 Å². The molecule has 2 heterocycles. The van der Waals surface area contributed by atoms with Gasteiger partial charge in [-0.1, -0.05) is 30.3 Å². The second-order valence-electron chi connectivity index (χ2n) is 6.41. The number of nitrogens with zero attached hydrogens (tertiary/aromatic N) is 1. The maximum absolute atomic E-state index is 11.6. The van der Waals surface area contributed by atoms with Crippen molar-refractivity contribution in [1.29, 1.82) is 0 Å². The average Bonchev–Trinajstić information content (AvgIpc) is 2.82. The summed E-state index contributed by atoms with van der Waals surface area (Å²) >= 11 is 0. The number of aldehydes is 2. The third kappa shape index (κ3) is 2.93. The molecule has 0 saturated carbocycles. The van der Waals surface area contributed by atoms with E-state index in [4.69, 9.17) is 0 Å². The Labute approximate surface area is 126 Å². The summed E-state index contributed by atoms with van der Waals surface area (Å²) in [5.74, 6) is 0.264. The highest BCUT2D eigenvalue weighted by atomic mass is 16.1. The van der Waals surface area contributed by atoms with Crippen LogP contribution in [0, 0.1) is 11.8 Å². The van der Waals surface area contributed by atoms with E-state index in [1.165, 1.54) is 12.0 Å². The van der Waals surface area contributed by atoms with Gasteiger partial charge in [-0.25, -0.2) is 0 Å². The lowest BCUT2D eigenvalue weighted by atomic mass is 9.80. The molecule has 1 aromatic rings. The van der Waals surface area contributed by atoms with Gasteiger partial charge in [0.25, 0.3) is 0 Å². The fraction of sp³-hybridized carbons (Fsp3) is 0.556. The van der Waals surface area contributed by atoms with Crippen molar-refractivity contribution in [1.82, 2.24) is 4.90 Å². The Morgan fingerprint density at radius 2 is 1.81 bits per heavy atom. The van der Waals surface area contributed by atoms with Crippen LogP contribution in [0.3, 0.4) is 0 Å². The smallest absolute Gasteiger partial charge is 0.124 e. The molecule has 4 unspecified atom stereocenters. The molecule has 3 rings (SSSR count). The number of rotatable bonds is 5. The molecule has 21 heavy (non-hydrogen) atoms. The zero-order chi connectivity index (χ0) is 14.7. The molecule has 0 spiro atoms. The minimum atomic E-state index is 0.0198. The predicted octanol–water partition coefficient (Wildman–Crippen LogP) is 2.83. The van der Waals surface area contributed by atoms with Crippen molar-refractivity contribution in [2.24, 2.45) is 11.8 Å². The van der Waals surface area contributed by atoms with E-state index < -0.39 is 0 Å². The molecule has 2 saturated heterocycles. The highest BCUT2D eigenvalue weighted by Gasteiger charge is 2.43. The van der Waals surface area contributed by atoms with Gasteiger partial charge in [0.1, 0.15) is 12.6 Å². The molecule has 0 amide bonds. The molecule has 0 N–H and O–H groups in total. The van der Waals surface area contributed by atoms with Crippen LogP contribution >= 0.6 is 0 Å². The minimum absolute atomic E-state index is 0.0198. The van der Waals surface area contributed by atoms with Crippen molar-refractivity contribution in [3.8, 4) is 0 Å². The summed E-state index contributed by atoms with van der Waals surface area (Å²) < 4.78 is 0. The Kier molecular flexibility index (Phi) is 4.49. The number of carbonyl (C=O) groups is 2. The maximum atomic E-state index is 11.6. The molecule has 0 radical (unpaired) electrons. The first kappa shape index (κ1) is 14.5. The van der Waals surface area contributed by atoms with Crippen LogP contribution in [-0.4, -0.2) is 29.6 Å². The summed E-state index contributed by atoms with van der Waals surface area (Å²) in [7, 11) is 0. The Hall–Kier alpha value is -1.48. The molecule has 2 bridgehead atoms. The molecule has 1 aromatic carbocycles. The predicted molar refractivity (Wildman–Crippen MR) is 81.8 cm³/mol. The highest BCUT2D eigenvalue weighted by Crippen LogP contribution is 2.41. The van der Waals surface area contributed by atoms with Crippen LogP contribution in [0.5, 0.6) is 0 Å². The Morgan fingerprint density at radius 3 is 2.52 bits per heavy atom. The van der Waals surface area contributed by atoms with Crippen LogP contribution < -0.4 is 0 Å². The Balaban J connectivity index is 1.81. The van der Waals surface area contributed by atoms with Gasteiger partial charge in [0.2, 0.25) is 0 Å². The summed E-state index contributed by atoms with van der Waals surface area (Å²) in [6.07, 6.45) is 7.05. The fourth-order valence-corrected chi connectivity index (χ4v) is 4.24. The zero-order valence-electron chi connectivity index (χ0n) is 12.4. The molecule has 112 valence electrons. The minimum Gasteiger partial charge on any atom is -0.303 e. The number of benzene rings is 1. The summed E-state index contributed by atoms with van der Waals surface area (Å²) in [5, 5.41) is 0. The lowest BCUT2D eigenvalue weighted by molar-refractivity contribution is -0.115. The van der Waals surface area contributed by atoms with Crippen molar-refractivity contribution in [2.45, 2.75) is 50.7 Å². The van der Waals surface area contributed by atoms with Crippen molar-refractivity contribution in [2.75, 3.05) is 0 Å². The van der Waals surface area contributed by atoms with Gasteiger partial charge in [-0.2, -0.15) is 0 Å². The standard InChI is InChI=1S/C18H23NO2/c20-11-10-15-6-7-16-8-9-18(17(15)13-21)19(16)12-14-4-2-1-3-5-14/h1-5,11,13,15-18H,6-10,12H2. The first-order valence-electron chi connectivity index (χ1n) is 8.02. The van der Waals surface area contributed by atoms with Crippen LogP contribution in [0.4, 0.5) is 0 Å². The third-order valence-electron chi connectivity index (χ3n) is 5.31. The Morgan fingerprint density at radius 1 is 1.05 bits per heavy atom. The highest BCUT2D eigenvalue weighted by molar-refractivity contribution is 5.58. The van der Waals surface area contributed by atoms with Crippen molar-refractivity contribution in [3.63, 3.8) is 0 Å². The first-order chi connectivity index (χ1) is 10.3. The van der Waals surface area contributed by atoms with E-state index in [0.29, 0.717) is 18.5 Å². The second-order valence-corrected chi connectivity index (χ2v) is 6.41. The second kappa shape index (κ2) is 6.52. The van der Waals surface area contributed by atoms with E-state index in [1.54, 1.807) is 0 Å². The summed E-state index contributed by atoms with van der Waals surface area (Å²) in [6, 6.07) is 11.4. The van der Waals surface area contributed by atoms with Gasteiger partial charge in [-0.15, -0.1) is 0 Å². The van der Waals surface area contributed by atoms with Crippen LogP contribution in [-0.2, 0) is 16.1 Å². The van der Waals surface area contributed by atoms with Crippen LogP contribution in [0.25, 0.3) is 0 Å². The van der Waals surface area contributed by atoms with Crippen LogP contribution in [0.1, 0.15) is 37.7 Å². The van der Waals surface area contributed by atoms with E-state index in [1.807, 2.05) is 6.07 Å². The van der Waals surface area contributed by atoms with E-state index in [-0.39, 0.29) is 11.8 Å². The quantitative estimate of drug-likeness (QED) is 0.781.